The van der Waals surface area contributed by atoms with Gasteiger partial charge in [-0.05, 0) is 25.0 Å². The average Bonchev–Trinajstić information content (AvgIpc) is 2.87. The van der Waals surface area contributed by atoms with Gasteiger partial charge in [0.05, 0.1) is 18.6 Å². The van der Waals surface area contributed by atoms with Gasteiger partial charge in [-0.2, -0.15) is 0 Å². The van der Waals surface area contributed by atoms with Crippen LogP contribution in [-0.4, -0.2) is 25.0 Å². The lowest BCUT2D eigenvalue weighted by Gasteiger charge is -2.20. The van der Waals surface area contributed by atoms with Crippen LogP contribution in [0.4, 0.5) is 10.5 Å². The largest absolute Gasteiger partial charge is 0.495 e. The molecule has 2 unspecified atom stereocenters. The number of urea groups is 1. The summed E-state index contributed by atoms with van der Waals surface area (Å²) < 4.78 is 5.18. The number of amidine groups is 1. The van der Waals surface area contributed by atoms with E-state index >= 15 is 0 Å². The van der Waals surface area contributed by atoms with E-state index in [1.165, 1.54) is 0 Å². The van der Waals surface area contributed by atoms with Crippen LogP contribution in [0.1, 0.15) is 19.3 Å². The lowest BCUT2D eigenvalue weighted by molar-refractivity contribution is 0.247. The van der Waals surface area contributed by atoms with Crippen molar-refractivity contribution >= 4 is 17.6 Å². The first-order chi connectivity index (χ1) is 9.61. The number of nitrogens with one attached hydrogen (secondary N) is 3. The molecule has 1 aromatic rings. The summed E-state index contributed by atoms with van der Waals surface area (Å²) in [7, 11) is 1.56. The van der Waals surface area contributed by atoms with E-state index in [-0.39, 0.29) is 23.8 Å². The second kappa shape index (κ2) is 6.27. The van der Waals surface area contributed by atoms with E-state index in [0.29, 0.717) is 11.4 Å². The number of rotatable bonds is 4. The SMILES string of the molecule is COc1ccccc1NC(=O)NC1CCCC1C(=N)N. The Balaban J connectivity index is 1.97. The number of amides is 2. The molecule has 0 heterocycles. The summed E-state index contributed by atoms with van der Waals surface area (Å²) in [5.74, 6) is 0.695. The van der Waals surface area contributed by atoms with E-state index in [1.54, 1.807) is 19.2 Å². The van der Waals surface area contributed by atoms with Crippen LogP contribution in [-0.2, 0) is 0 Å². The minimum Gasteiger partial charge on any atom is -0.495 e. The van der Waals surface area contributed by atoms with Crippen LogP contribution in [0.2, 0.25) is 0 Å². The minimum absolute atomic E-state index is 0.0570. The molecule has 5 N–H and O–H groups in total. The summed E-state index contributed by atoms with van der Waals surface area (Å²) in [4.78, 5) is 12.0. The third-order valence-electron chi connectivity index (χ3n) is 3.59. The summed E-state index contributed by atoms with van der Waals surface area (Å²) >= 11 is 0. The average molecular weight is 276 g/mol. The maximum Gasteiger partial charge on any atom is 0.319 e. The van der Waals surface area contributed by atoms with Crippen LogP contribution in [0.15, 0.2) is 24.3 Å². The number of ether oxygens (including phenoxy) is 1. The van der Waals surface area contributed by atoms with E-state index in [9.17, 15) is 4.79 Å². The van der Waals surface area contributed by atoms with E-state index in [2.05, 4.69) is 10.6 Å². The predicted octanol–water partition coefficient (Wildman–Crippen LogP) is 1.92. The number of carbonyl (C=O) groups is 1. The molecule has 0 spiro atoms. The molecule has 2 atom stereocenters. The molecule has 6 heteroatoms. The van der Waals surface area contributed by atoms with Gasteiger partial charge in [0.2, 0.25) is 0 Å². The van der Waals surface area contributed by atoms with Gasteiger partial charge >= 0.3 is 6.03 Å². The van der Waals surface area contributed by atoms with Crippen molar-refractivity contribution in [3.8, 4) is 5.75 Å². The number of anilines is 1. The summed E-state index contributed by atoms with van der Waals surface area (Å²) in [6.07, 6.45) is 2.68. The van der Waals surface area contributed by atoms with Gasteiger partial charge in [0.15, 0.2) is 0 Å². The highest BCUT2D eigenvalue weighted by atomic mass is 16.5. The zero-order chi connectivity index (χ0) is 14.5. The minimum atomic E-state index is -0.298. The molecule has 1 fully saturated rings. The molecule has 1 saturated carbocycles. The maximum absolute atomic E-state index is 12.0. The van der Waals surface area contributed by atoms with Crippen molar-refractivity contribution in [2.45, 2.75) is 25.3 Å². The fourth-order valence-corrected chi connectivity index (χ4v) is 2.58. The Morgan fingerprint density at radius 3 is 2.85 bits per heavy atom. The Kier molecular flexibility index (Phi) is 4.45. The van der Waals surface area contributed by atoms with Crippen LogP contribution in [0.5, 0.6) is 5.75 Å². The maximum atomic E-state index is 12.0. The van der Waals surface area contributed by atoms with Crippen LogP contribution < -0.4 is 21.1 Å². The highest BCUT2D eigenvalue weighted by molar-refractivity contribution is 5.91. The summed E-state index contributed by atoms with van der Waals surface area (Å²) in [6.45, 7) is 0. The van der Waals surface area contributed by atoms with Gasteiger partial charge in [-0.15, -0.1) is 0 Å². The number of nitrogens with two attached hydrogens (primary N) is 1. The first-order valence-electron chi connectivity index (χ1n) is 6.66. The Labute approximate surface area is 118 Å². The van der Waals surface area contributed by atoms with Crippen molar-refractivity contribution in [3.63, 3.8) is 0 Å². The van der Waals surface area contributed by atoms with Crippen LogP contribution in [0, 0.1) is 11.3 Å². The summed E-state index contributed by atoms with van der Waals surface area (Å²) in [5.41, 5.74) is 6.17. The molecule has 0 bridgehead atoms. The lowest BCUT2D eigenvalue weighted by Crippen LogP contribution is -2.43. The van der Waals surface area contributed by atoms with Crippen LogP contribution >= 0.6 is 0 Å². The molecule has 2 amide bonds. The quantitative estimate of drug-likeness (QED) is 0.499. The van der Waals surface area contributed by atoms with Crippen molar-refractivity contribution < 1.29 is 9.53 Å². The Bertz CT molecular complexity index is 504. The molecule has 1 aliphatic carbocycles. The summed E-state index contributed by atoms with van der Waals surface area (Å²) in [6, 6.07) is 6.85. The third-order valence-corrected chi connectivity index (χ3v) is 3.59. The molecule has 0 radical (unpaired) electrons. The Morgan fingerprint density at radius 1 is 1.40 bits per heavy atom. The topological polar surface area (TPSA) is 100 Å². The van der Waals surface area contributed by atoms with E-state index < -0.39 is 0 Å². The number of methoxy groups -OCH3 is 1. The van der Waals surface area contributed by atoms with Crippen molar-refractivity contribution in [2.24, 2.45) is 11.7 Å². The van der Waals surface area contributed by atoms with Gasteiger partial charge in [-0.1, -0.05) is 18.6 Å². The summed E-state index contributed by atoms with van der Waals surface area (Å²) in [5, 5.41) is 13.2. The number of benzene rings is 1. The van der Waals surface area contributed by atoms with Gasteiger partial charge in [-0.3, -0.25) is 5.41 Å². The third kappa shape index (κ3) is 3.20. The zero-order valence-electron chi connectivity index (χ0n) is 11.5. The van der Waals surface area contributed by atoms with Crippen molar-refractivity contribution in [1.82, 2.24) is 5.32 Å². The highest BCUT2D eigenvalue weighted by Gasteiger charge is 2.30. The highest BCUT2D eigenvalue weighted by Crippen LogP contribution is 2.26. The monoisotopic (exact) mass is 276 g/mol. The van der Waals surface area contributed by atoms with Gasteiger partial charge in [0, 0.05) is 12.0 Å². The van der Waals surface area contributed by atoms with Crippen LogP contribution in [0.25, 0.3) is 0 Å². The van der Waals surface area contributed by atoms with Crippen molar-refractivity contribution in [3.05, 3.63) is 24.3 Å². The smallest absolute Gasteiger partial charge is 0.319 e. The second-order valence-corrected chi connectivity index (χ2v) is 4.90. The number of hydrogen-bond donors (Lipinski definition) is 4. The molecule has 108 valence electrons. The Hall–Kier alpha value is -2.24. The molecule has 0 aliphatic heterocycles. The van der Waals surface area contributed by atoms with Gasteiger partial charge in [0.1, 0.15) is 5.75 Å². The lowest BCUT2D eigenvalue weighted by atomic mass is 10.0. The van der Waals surface area contributed by atoms with Crippen molar-refractivity contribution in [1.29, 1.82) is 5.41 Å². The second-order valence-electron chi connectivity index (χ2n) is 4.90. The standard InChI is InChI=1S/C14H20N4O2/c1-20-12-8-3-2-6-11(12)18-14(19)17-10-7-4-5-9(10)13(15)16/h2-3,6,8-10H,4-5,7H2,1H3,(H3,15,16)(H2,17,18,19). The fraction of sp³-hybridized carbons (Fsp3) is 0.429. The van der Waals surface area contributed by atoms with E-state index in [1.807, 2.05) is 12.1 Å². The first-order valence-corrected chi connectivity index (χ1v) is 6.66. The van der Waals surface area contributed by atoms with Crippen LogP contribution in [0.3, 0.4) is 0 Å². The number of hydrogen-bond acceptors (Lipinski definition) is 3. The van der Waals surface area contributed by atoms with Gasteiger partial charge in [-0.25, -0.2) is 4.79 Å². The zero-order valence-corrected chi connectivity index (χ0v) is 11.5. The predicted molar refractivity (Wildman–Crippen MR) is 78.2 cm³/mol. The normalized spacial score (nSPS) is 21.2. The molecule has 0 aromatic heterocycles. The molecular weight excluding hydrogens is 256 g/mol. The Morgan fingerprint density at radius 2 is 2.15 bits per heavy atom. The molecular formula is C14H20N4O2. The molecule has 1 aromatic carbocycles. The number of carbonyl (C=O) groups excluding carboxylic acids is 1. The molecule has 0 saturated heterocycles. The molecule has 1 aliphatic rings. The van der Waals surface area contributed by atoms with E-state index in [0.717, 1.165) is 19.3 Å². The van der Waals surface area contributed by atoms with Gasteiger partial charge < -0.3 is 21.1 Å². The van der Waals surface area contributed by atoms with E-state index in [4.69, 9.17) is 15.9 Å². The number of para-hydroxylation sites is 2. The molecule has 20 heavy (non-hydrogen) atoms. The van der Waals surface area contributed by atoms with Crippen molar-refractivity contribution in [2.75, 3.05) is 12.4 Å². The fourth-order valence-electron chi connectivity index (χ4n) is 2.58. The first kappa shape index (κ1) is 14.2. The molecule has 6 nitrogen and oxygen atoms in total. The molecule has 2 rings (SSSR count). The van der Waals surface area contributed by atoms with Gasteiger partial charge in [0.25, 0.3) is 0 Å².